The van der Waals surface area contributed by atoms with Crippen LogP contribution in [-0.4, -0.2) is 36.8 Å². The Kier molecular flexibility index (Phi) is 4.23. The van der Waals surface area contributed by atoms with Crippen molar-refractivity contribution in [1.29, 1.82) is 0 Å². The number of nitrogens with one attached hydrogen (secondary N) is 1. The molecule has 2 atom stereocenters. The van der Waals surface area contributed by atoms with Crippen LogP contribution in [0.25, 0.3) is 0 Å². The summed E-state index contributed by atoms with van der Waals surface area (Å²) in [5, 5.41) is 3.09. The highest BCUT2D eigenvalue weighted by Gasteiger charge is 2.51. The molecule has 2 fully saturated rings. The molecule has 1 amide bonds. The maximum atomic E-state index is 13.2. The number of piperidine rings is 1. The van der Waals surface area contributed by atoms with Crippen molar-refractivity contribution in [3.05, 3.63) is 29.8 Å². The summed E-state index contributed by atoms with van der Waals surface area (Å²) in [6.45, 7) is 4.35. The third-order valence-corrected chi connectivity index (χ3v) is 7.31. The predicted molar refractivity (Wildman–Crippen MR) is 88.5 cm³/mol. The minimum absolute atomic E-state index is 0.0404. The number of carbonyl (C=O) groups excluding carboxylic acids is 1. The van der Waals surface area contributed by atoms with Crippen molar-refractivity contribution in [2.24, 2.45) is 0 Å². The summed E-state index contributed by atoms with van der Waals surface area (Å²) in [7, 11) is -3.55. The number of sulfonamides is 1. The van der Waals surface area contributed by atoms with Gasteiger partial charge >= 0.3 is 0 Å². The highest BCUT2D eigenvalue weighted by atomic mass is 32.2. The second kappa shape index (κ2) is 5.91. The van der Waals surface area contributed by atoms with Gasteiger partial charge in [-0.05, 0) is 44.2 Å². The van der Waals surface area contributed by atoms with Gasteiger partial charge in [0.1, 0.15) is 0 Å². The molecular formula is C17H24N2O3S. The maximum Gasteiger partial charge on any atom is 0.243 e. The zero-order valence-electron chi connectivity index (χ0n) is 13.7. The molecule has 5 nitrogen and oxygen atoms in total. The smallest absolute Gasteiger partial charge is 0.243 e. The Labute approximate surface area is 138 Å². The van der Waals surface area contributed by atoms with Crippen molar-refractivity contribution in [1.82, 2.24) is 9.62 Å². The Morgan fingerprint density at radius 2 is 2.04 bits per heavy atom. The van der Waals surface area contributed by atoms with Crippen LogP contribution in [0.5, 0.6) is 0 Å². The second-order valence-electron chi connectivity index (χ2n) is 6.61. The summed E-state index contributed by atoms with van der Waals surface area (Å²) >= 11 is 0. The number of amides is 1. The number of nitrogens with zero attached hydrogens (tertiary/aromatic N) is 1. The van der Waals surface area contributed by atoms with Gasteiger partial charge in [-0.2, -0.15) is 4.31 Å². The first-order valence-electron chi connectivity index (χ1n) is 8.29. The number of hydrogen-bond donors (Lipinski definition) is 1. The van der Waals surface area contributed by atoms with E-state index < -0.39 is 10.0 Å². The van der Waals surface area contributed by atoms with Crippen LogP contribution in [0, 0.1) is 6.92 Å². The van der Waals surface area contributed by atoms with Gasteiger partial charge in [0.2, 0.25) is 15.9 Å². The summed E-state index contributed by atoms with van der Waals surface area (Å²) in [5.74, 6) is 0.0404. The van der Waals surface area contributed by atoms with Gasteiger partial charge in [0, 0.05) is 19.0 Å². The molecule has 1 aromatic carbocycles. The molecule has 2 aliphatic rings. The molecule has 0 saturated carbocycles. The fourth-order valence-corrected chi connectivity index (χ4v) is 6.21. The molecule has 2 aliphatic heterocycles. The lowest BCUT2D eigenvalue weighted by atomic mass is 9.80. The SMILES string of the molecule is CC[C@H]1N(S(=O)(=O)c2ccccc2C)CCC[C@]12CCC(=O)N2. The summed E-state index contributed by atoms with van der Waals surface area (Å²) < 4.78 is 28.1. The van der Waals surface area contributed by atoms with Crippen LogP contribution in [0.3, 0.4) is 0 Å². The number of carbonyl (C=O) groups is 1. The number of hydrogen-bond acceptors (Lipinski definition) is 3. The Bertz CT molecular complexity index is 716. The molecule has 2 saturated heterocycles. The lowest BCUT2D eigenvalue weighted by Crippen LogP contribution is -2.63. The third-order valence-electron chi connectivity index (χ3n) is 5.24. The van der Waals surface area contributed by atoms with Crippen molar-refractivity contribution in [3.8, 4) is 0 Å². The van der Waals surface area contributed by atoms with Gasteiger partial charge in [-0.1, -0.05) is 25.1 Å². The molecule has 6 heteroatoms. The average Bonchev–Trinajstić information content (AvgIpc) is 2.88. The molecular weight excluding hydrogens is 312 g/mol. The Morgan fingerprint density at radius 3 is 2.65 bits per heavy atom. The fraction of sp³-hybridized carbons (Fsp3) is 0.588. The van der Waals surface area contributed by atoms with Crippen molar-refractivity contribution >= 4 is 15.9 Å². The molecule has 0 unspecified atom stereocenters. The maximum absolute atomic E-state index is 13.2. The molecule has 3 rings (SSSR count). The van der Waals surface area contributed by atoms with E-state index in [1.807, 2.05) is 26.0 Å². The fourth-order valence-electron chi connectivity index (χ4n) is 4.18. The quantitative estimate of drug-likeness (QED) is 0.920. The van der Waals surface area contributed by atoms with Gasteiger partial charge in [0.05, 0.1) is 10.4 Å². The first-order chi connectivity index (χ1) is 10.9. The van der Waals surface area contributed by atoms with Crippen LogP contribution in [0.15, 0.2) is 29.2 Å². The lowest BCUT2D eigenvalue weighted by molar-refractivity contribution is -0.120. The van der Waals surface area contributed by atoms with Crippen molar-refractivity contribution in [2.45, 2.75) is 62.4 Å². The molecule has 1 aromatic rings. The van der Waals surface area contributed by atoms with Gasteiger partial charge in [-0.15, -0.1) is 0 Å². The zero-order valence-corrected chi connectivity index (χ0v) is 14.5. The standard InChI is InChI=1S/C17H24N2O3S/c1-3-15-17(11-9-16(20)18-17)10-6-12-19(15)23(21,22)14-8-5-4-7-13(14)2/h4-5,7-8,15H,3,6,9-12H2,1-2H3,(H,18,20)/t15-,17+/m1/s1. The van der Waals surface area contributed by atoms with Crippen LogP contribution in [0.1, 0.15) is 44.6 Å². The first kappa shape index (κ1) is 16.5. The number of aryl methyl sites for hydroxylation is 1. The molecule has 1 N–H and O–H groups in total. The minimum Gasteiger partial charge on any atom is -0.349 e. The minimum atomic E-state index is -3.55. The summed E-state index contributed by atoms with van der Waals surface area (Å²) in [4.78, 5) is 12.2. The molecule has 2 heterocycles. The molecule has 0 aromatic heterocycles. The largest absolute Gasteiger partial charge is 0.349 e. The van der Waals surface area contributed by atoms with Crippen LogP contribution < -0.4 is 5.32 Å². The predicted octanol–water partition coefficient (Wildman–Crippen LogP) is 2.21. The topological polar surface area (TPSA) is 66.5 Å². The van der Waals surface area contributed by atoms with Gasteiger partial charge in [-0.3, -0.25) is 4.79 Å². The molecule has 0 aliphatic carbocycles. The van der Waals surface area contributed by atoms with E-state index in [4.69, 9.17) is 0 Å². The Morgan fingerprint density at radius 1 is 1.30 bits per heavy atom. The van der Waals surface area contributed by atoms with Gasteiger partial charge in [0.15, 0.2) is 0 Å². The Hall–Kier alpha value is -1.40. The van der Waals surface area contributed by atoms with Crippen LogP contribution in [-0.2, 0) is 14.8 Å². The van der Waals surface area contributed by atoms with Crippen LogP contribution in [0.2, 0.25) is 0 Å². The zero-order chi connectivity index (χ0) is 16.7. The first-order valence-corrected chi connectivity index (χ1v) is 9.73. The average molecular weight is 336 g/mol. The summed E-state index contributed by atoms with van der Waals surface area (Å²) in [6.07, 6.45) is 3.56. The van der Waals surface area contributed by atoms with Gasteiger partial charge in [-0.25, -0.2) is 8.42 Å². The molecule has 0 radical (unpaired) electrons. The van der Waals surface area contributed by atoms with E-state index in [1.54, 1.807) is 16.4 Å². The van der Waals surface area contributed by atoms with E-state index in [-0.39, 0.29) is 17.5 Å². The van der Waals surface area contributed by atoms with Gasteiger partial charge < -0.3 is 5.32 Å². The van der Waals surface area contributed by atoms with Gasteiger partial charge in [0.25, 0.3) is 0 Å². The molecule has 23 heavy (non-hydrogen) atoms. The van der Waals surface area contributed by atoms with E-state index >= 15 is 0 Å². The normalized spacial score (nSPS) is 29.0. The van der Waals surface area contributed by atoms with Crippen LogP contribution in [0.4, 0.5) is 0 Å². The number of rotatable bonds is 3. The monoisotopic (exact) mass is 336 g/mol. The molecule has 0 bridgehead atoms. The second-order valence-corrected chi connectivity index (χ2v) is 8.47. The van der Waals surface area contributed by atoms with E-state index in [2.05, 4.69) is 5.32 Å². The van der Waals surface area contributed by atoms with E-state index in [0.717, 1.165) is 24.8 Å². The molecule has 126 valence electrons. The highest BCUT2D eigenvalue weighted by molar-refractivity contribution is 7.89. The van der Waals surface area contributed by atoms with E-state index in [1.165, 1.54) is 0 Å². The summed E-state index contributed by atoms with van der Waals surface area (Å²) in [5.41, 5.74) is 0.372. The number of benzene rings is 1. The lowest BCUT2D eigenvalue weighted by Gasteiger charge is -2.47. The van der Waals surface area contributed by atoms with Crippen molar-refractivity contribution in [2.75, 3.05) is 6.54 Å². The van der Waals surface area contributed by atoms with Crippen LogP contribution >= 0.6 is 0 Å². The third kappa shape index (κ3) is 2.68. The van der Waals surface area contributed by atoms with E-state index in [9.17, 15) is 13.2 Å². The van der Waals surface area contributed by atoms with Crippen molar-refractivity contribution in [3.63, 3.8) is 0 Å². The van der Waals surface area contributed by atoms with E-state index in [0.29, 0.717) is 24.3 Å². The molecule has 1 spiro atoms. The Balaban J connectivity index is 2.01. The van der Waals surface area contributed by atoms with Crippen molar-refractivity contribution < 1.29 is 13.2 Å². The summed E-state index contributed by atoms with van der Waals surface area (Å²) in [6, 6.07) is 6.93. The highest BCUT2D eigenvalue weighted by Crippen LogP contribution is 2.39.